The van der Waals surface area contributed by atoms with E-state index < -0.39 is 0 Å². The molecule has 1 heterocycles. The highest BCUT2D eigenvalue weighted by Gasteiger charge is 1.98. The number of aliphatic hydroxyl groups is 1. The smallest absolute Gasteiger partial charge is 0.0696 e. The van der Waals surface area contributed by atoms with Crippen molar-refractivity contribution < 1.29 is 5.11 Å². The summed E-state index contributed by atoms with van der Waals surface area (Å²) in [5, 5.41) is 9.03. The molecule has 0 bridgehead atoms. The van der Waals surface area contributed by atoms with Crippen molar-refractivity contribution in [1.29, 1.82) is 0 Å². The molecule has 66 valence electrons. The zero-order valence-electron chi connectivity index (χ0n) is 7.66. The average molecular weight is 182 g/mol. The number of aliphatic hydroxyl groups excluding tert-OH is 1. The van der Waals surface area contributed by atoms with Crippen molar-refractivity contribution in [3.63, 3.8) is 0 Å². The van der Waals surface area contributed by atoms with Gasteiger partial charge >= 0.3 is 0 Å². The summed E-state index contributed by atoms with van der Waals surface area (Å²) >= 11 is 1.79. The first-order valence-electron chi connectivity index (χ1n) is 4.03. The summed E-state index contributed by atoms with van der Waals surface area (Å²) in [5.74, 6) is 0. The third-order valence-electron chi connectivity index (χ3n) is 1.63. The molecular formula is C10H14OS. The molecule has 0 saturated carbocycles. The molecule has 1 N–H and O–H groups in total. The van der Waals surface area contributed by atoms with Gasteiger partial charge in [0.1, 0.15) is 0 Å². The molecule has 0 amide bonds. The third-order valence-corrected chi connectivity index (χ3v) is 2.62. The van der Waals surface area contributed by atoms with Crippen LogP contribution in [-0.4, -0.2) is 11.2 Å². The molecule has 1 nitrogen and oxygen atoms in total. The minimum Gasteiger partial charge on any atom is -0.389 e. The van der Waals surface area contributed by atoms with Gasteiger partial charge in [0.2, 0.25) is 0 Å². The molecule has 0 aliphatic rings. The van der Waals surface area contributed by atoms with Crippen molar-refractivity contribution in [1.82, 2.24) is 0 Å². The van der Waals surface area contributed by atoms with Crippen LogP contribution in [-0.2, 0) is 0 Å². The molecule has 2 heteroatoms. The maximum absolute atomic E-state index is 9.03. The number of thiophene rings is 1. The number of aryl methyl sites for hydroxylation is 2. The zero-order chi connectivity index (χ0) is 9.14. The molecule has 12 heavy (non-hydrogen) atoms. The fourth-order valence-corrected chi connectivity index (χ4v) is 1.97. The molecule has 0 spiro atoms. The van der Waals surface area contributed by atoms with Crippen LogP contribution in [0.1, 0.15) is 22.2 Å². The van der Waals surface area contributed by atoms with Gasteiger partial charge in [-0.05, 0) is 32.4 Å². The van der Waals surface area contributed by atoms with Crippen LogP contribution in [0.3, 0.4) is 0 Å². The van der Waals surface area contributed by atoms with Crippen LogP contribution in [0.5, 0.6) is 0 Å². The Morgan fingerprint density at radius 2 is 2.17 bits per heavy atom. The highest BCUT2D eigenvalue weighted by atomic mass is 32.1. The van der Waals surface area contributed by atoms with Gasteiger partial charge in [-0.25, -0.2) is 0 Å². The van der Waals surface area contributed by atoms with Crippen molar-refractivity contribution in [2.75, 3.05) is 0 Å². The maximum atomic E-state index is 9.03. The van der Waals surface area contributed by atoms with E-state index in [4.69, 9.17) is 5.11 Å². The first kappa shape index (κ1) is 9.49. The Morgan fingerprint density at radius 3 is 2.58 bits per heavy atom. The fourth-order valence-electron chi connectivity index (χ4n) is 1.06. The molecule has 1 aromatic heterocycles. The highest BCUT2D eigenvalue weighted by molar-refractivity contribution is 7.12. The molecular weight excluding hydrogens is 168 g/mol. The van der Waals surface area contributed by atoms with Gasteiger partial charge < -0.3 is 5.11 Å². The van der Waals surface area contributed by atoms with Crippen LogP contribution < -0.4 is 0 Å². The first-order valence-corrected chi connectivity index (χ1v) is 4.84. The minimum atomic E-state index is -0.357. The lowest BCUT2D eigenvalue weighted by Crippen LogP contribution is -1.91. The van der Waals surface area contributed by atoms with Gasteiger partial charge in [-0.15, -0.1) is 11.3 Å². The monoisotopic (exact) mass is 182 g/mol. The van der Waals surface area contributed by atoms with Gasteiger partial charge in [-0.1, -0.05) is 12.2 Å². The molecule has 1 unspecified atom stereocenters. The molecule has 0 aliphatic heterocycles. The number of hydrogen-bond donors (Lipinski definition) is 1. The predicted molar refractivity (Wildman–Crippen MR) is 54.5 cm³/mol. The minimum absolute atomic E-state index is 0.357. The van der Waals surface area contributed by atoms with Crippen LogP contribution in [0.15, 0.2) is 12.1 Å². The Bertz CT molecular complexity index is 284. The topological polar surface area (TPSA) is 20.2 Å². The molecule has 1 atom stereocenters. The van der Waals surface area contributed by atoms with E-state index >= 15 is 0 Å². The Balaban J connectivity index is 2.81. The second-order valence-electron chi connectivity index (χ2n) is 2.97. The van der Waals surface area contributed by atoms with Gasteiger partial charge in [0, 0.05) is 9.75 Å². The lowest BCUT2D eigenvalue weighted by atomic mass is 10.2. The van der Waals surface area contributed by atoms with Gasteiger partial charge in [0.15, 0.2) is 0 Å². The van der Waals surface area contributed by atoms with E-state index in [1.165, 1.54) is 15.3 Å². The summed E-state index contributed by atoms with van der Waals surface area (Å²) in [6, 6.07) is 2.14. The standard InChI is InChI=1S/C10H14OS/c1-7(11)4-5-10-6-8(2)12-9(10)3/h4-7,11H,1-3H3/b5-4+. The second kappa shape index (κ2) is 3.87. The normalized spacial score (nSPS) is 14.0. The van der Waals surface area contributed by atoms with Crippen molar-refractivity contribution in [3.05, 3.63) is 27.5 Å². The third kappa shape index (κ3) is 2.47. The maximum Gasteiger partial charge on any atom is 0.0696 e. The number of hydrogen-bond acceptors (Lipinski definition) is 2. The molecule has 0 fully saturated rings. The summed E-state index contributed by atoms with van der Waals surface area (Å²) in [5.41, 5.74) is 1.22. The van der Waals surface area contributed by atoms with Gasteiger partial charge in [-0.2, -0.15) is 0 Å². The Labute approximate surface area is 77.4 Å². The van der Waals surface area contributed by atoms with Crippen LogP contribution in [0.25, 0.3) is 6.08 Å². The molecule has 0 aromatic carbocycles. The molecule has 1 rings (SSSR count). The molecule has 0 aliphatic carbocycles. The Hall–Kier alpha value is -0.600. The van der Waals surface area contributed by atoms with Gasteiger partial charge in [0.05, 0.1) is 6.10 Å². The predicted octanol–water partition coefficient (Wildman–Crippen LogP) is 2.76. The van der Waals surface area contributed by atoms with E-state index in [9.17, 15) is 0 Å². The lowest BCUT2D eigenvalue weighted by molar-refractivity contribution is 0.245. The SMILES string of the molecule is Cc1cc(/C=C/C(C)O)c(C)s1. The van der Waals surface area contributed by atoms with Crippen molar-refractivity contribution in [2.45, 2.75) is 26.9 Å². The van der Waals surface area contributed by atoms with E-state index in [1.807, 2.05) is 6.08 Å². The summed E-state index contributed by atoms with van der Waals surface area (Å²) in [4.78, 5) is 2.63. The fraction of sp³-hybridized carbons (Fsp3) is 0.400. The summed E-state index contributed by atoms with van der Waals surface area (Å²) < 4.78 is 0. The summed E-state index contributed by atoms with van der Waals surface area (Å²) in [7, 11) is 0. The highest BCUT2D eigenvalue weighted by Crippen LogP contribution is 2.21. The largest absolute Gasteiger partial charge is 0.389 e. The van der Waals surface area contributed by atoms with E-state index in [0.717, 1.165) is 0 Å². The first-order chi connectivity index (χ1) is 5.59. The molecule has 0 saturated heterocycles. The zero-order valence-corrected chi connectivity index (χ0v) is 8.48. The van der Waals surface area contributed by atoms with E-state index in [1.54, 1.807) is 24.3 Å². The molecule has 1 aromatic rings. The van der Waals surface area contributed by atoms with E-state index in [2.05, 4.69) is 19.9 Å². The quantitative estimate of drug-likeness (QED) is 0.745. The second-order valence-corrected chi connectivity index (χ2v) is 4.43. The van der Waals surface area contributed by atoms with Crippen molar-refractivity contribution in [3.8, 4) is 0 Å². The van der Waals surface area contributed by atoms with Crippen LogP contribution in [0.4, 0.5) is 0 Å². The summed E-state index contributed by atoms with van der Waals surface area (Å²) in [6.45, 7) is 5.95. The van der Waals surface area contributed by atoms with E-state index in [-0.39, 0.29) is 6.10 Å². The lowest BCUT2D eigenvalue weighted by Gasteiger charge is -1.93. The van der Waals surface area contributed by atoms with E-state index in [0.29, 0.717) is 0 Å². The average Bonchev–Trinajstić information content (AvgIpc) is 2.26. The Kier molecular flexibility index (Phi) is 3.06. The van der Waals surface area contributed by atoms with Crippen molar-refractivity contribution in [2.24, 2.45) is 0 Å². The van der Waals surface area contributed by atoms with Crippen LogP contribution in [0.2, 0.25) is 0 Å². The van der Waals surface area contributed by atoms with Crippen molar-refractivity contribution >= 4 is 17.4 Å². The Morgan fingerprint density at radius 1 is 1.50 bits per heavy atom. The van der Waals surface area contributed by atoms with Gasteiger partial charge in [0.25, 0.3) is 0 Å². The van der Waals surface area contributed by atoms with Crippen LogP contribution >= 0.6 is 11.3 Å². The molecule has 0 radical (unpaired) electrons. The van der Waals surface area contributed by atoms with Crippen LogP contribution in [0, 0.1) is 13.8 Å². The summed E-state index contributed by atoms with van der Waals surface area (Å²) in [6.07, 6.45) is 3.42. The van der Waals surface area contributed by atoms with Gasteiger partial charge in [-0.3, -0.25) is 0 Å². The number of rotatable bonds is 2.